The van der Waals surface area contributed by atoms with Gasteiger partial charge in [0.2, 0.25) is 0 Å². The molecule has 8 aromatic rings. The third-order valence-electron chi connectivity index (χ3n) is 15.1. The maximum absolute atomic E-state index is 11.0. The molecule has 0 N–H and O–H groups in total. The van der Waals surface area contributed by atoms with Crippen LogP contribution in [0.1, 0.15) is 429 Å². The molecule has 7 fully saturated rings. The van der Waals surface area contributed by atoms with E-state index < -0.39 is 0 Å². The van der Waals surface area contributed by atoms with Gasteiger partial charge in [-0.25, -0.2) is 4.98 Å². The van der Waals surface area contributed by atoms with Crippen molar-refractivity contribution in [1.82, 2.24) is 48.9 Å². The standard InChI is InChI=1S/C11H13NO.C9H8.C7H9NO2.C6H13N.C5H5N.C5H10O2.C5H10O.C5H10S.C4H8O2.C4H8O.C4H4O.C4H4S.2C3H5N3.C3H6O.19C2H6.6CH4/c1-12-7-9(8-13-2)10-5-3-4-6-11(10)12;1-2-5-9-7-3-6-8(9)4-1;1-4-5(2)7(10)8(3)6(4)9;1-7-5-3-2-4-6-7;1-2-4-6-5-3-1;1-5-4-6-2-3-7-5;2*1-2-4-6-5-3-1;1-2-5-4-6-3-1;3*1-2-4-5-3-1;1-6-2-4-5-3-6;1-6-3-4-2-5-6;1-2-4-3-1;19*1-2;;;;;;/h3-7H,8H2,1-2H3;1-6H,7H2;1-3H3;2-6H2,1H3;1-5H;5H,2-4H2,1H3;2*1-5H2;1-4H2;1-4H2;2*1-4H;2*2-3H,1H3;1-3H2;19*1-2H3;6*1H4. The zero-order chi connectivity index (χ0) is 111. The summed E-state index contributed by atoms with van der Waals surface area (Å²) in [4.78, 5) is 32.9. The summed E-state index contributed by atoms with van der Waals surface area (Å²) < 4.78 is 49.9. The monoisotopic (exact) mass is 2100 g/mol. The molecule has 2 amide bonds. The third-order valence-corrected chi connectivity index (χ3v) is 16.9. The fraction of sp³-hybridized carbons (Fsp3) is 0.697. The molecule has 8 aliphatic heterocycles. The molecular formula is C122H256N10O11S2. The number of aromatic nitrogens is 8. The Hall–Kier alpha value is -7.00. The summed E-state index contributed by atoms with van der Waals surface area (Å²) in [6.07, 6.45) is 38.6. The number of thioether (sulfide) groups is 1. The number of fused-ring (bicyclic) bond motifs is 2. The molecule has 6 aromatic heterocycles. The van der Waals surface area contributed by atoms with Crippen molar-refractivity contribution >= 4 is 51.9 Å². The van der Waals surface area contributed by atoms with Gasteiger partial charge in [-0.1, -0.05) is 393 Å². The summed E-state index contributed by atoms with van der Waals surface area (Å²) in [5, 5.41) is 16.2. The van der Waals surface area contributed by atoms with Gasteiger partial charge in [0.25, 0.3) is 11.8 Å². The van der Waals surface area contributed by atoms with Crippen molar-refractivity contribution in [2.75, 3.05) is 125 Å². The minimum Gasteiger partial charge on any atom is -0.473 e. The number of methoxy groups -OCH3 is 1. The number of rotatable bonds is 2. The number of hydrogen-bond donors (Lipinski definition) is 0. The minimum atomic E-state index is -0.178. The lowest BCUT2D eigenvalue weighted by atomic mass is 10.1. The third kappa shape index (κ3) is 150. The number of amides is 2. The average molecular weight is 2100 g/mol. The van der Waals surface area contributed by atoms with Gasteiger partial charge in [-0.2, -0.15) is 28.2 Å². The molecule has 0 bridgehead atoms. The van der Waals surface area contributed by atoms with Crippen molar-refractivity contribution < 1.29 is 51.9 Å². The van der Waals surface area contributed by atoms with Crippen LogP contribution in [0.15, 0.2) is 180 Å². The second-order valence-electron chi connectivity index (χ2n) is 23.8. The van der Waals surface area contributed by atoms with E-state index in [-0.39, 0.29) is 56.4 Å². The van der Waals surface area contributed by atoms with Crippen molar-refractivity contribution in [2.45, 2.75) is 431 Å². The number of benzene rings is 2. The molecule has 0 saturated carbocycles. The molecule has 14 heterocycles. The fourth-order valence-electron chi connectivity index (χ4n) is 9.22. The first-order valence-corrected chi connectivity index (χ1v) is 56.5. The van der Waals surface area contributed by atoms with Crippen LogP contribution in [0.3, 0.4) is 0 Å². The average Bonchev–Trinajstić information content (AvgIpc) is 1.67. The largest absolute Gasteiger partial charge is 0.473 e. The lowest BCUT2D eigenvalue weighted by molar-refractivity contribution is -0.135. The van der Waals surface area contributed by atoms with Crippen LogP contribution < -0.4 is 0 Å². The van der Waals surface area contributed by atoms with E-state index in [2.05, 4.69) is 132 Å². The first kappa shape index (κ1) is 196. The summed E-state index contributed by atoms with van der Waals surface area (Å²) >= 11 is 3.81. The maximum Gasteiger partial charge on any atom is 0.256 e. The van der Waals surface area contributed by atoms with Crippen LogP contribution in [0, 0.1) is 0 Å². The predicted molar refractivity (Wildman–Crippen MR) is 665 cm³/mol. The molecule has 23 heteroatoms. The van der Waals surface area contributed by atoms with Gasteiger partial charge >= 0.3 is 0 Å². The number of ether oxygens (including phenoxy) is 8. The Bertz CT molecular complexity index is 2940. The number of likely N-dealkylation sites (tertiary alicyclic amines) is 1. The molecule has 17 rings (SSSR count). The van der Waals surface area contributed by atoms with Crippen molar-refractivity contribution in [3.05, 3.63) is 192 Å². The highest BCUT2D eigenvalue weighted by molar-refractivity contribution is 7.99. The fourth-order valence-corrected chi connectivity index (χ4v) is 10.7. The Morgan fingerprint density at radius 2 is 0.800 bits per heavy atom. The van der Waals surface area contributed by atoms with E-state index in [9.17, 15) is 9.59 Å². The van der Waals surface area contributed by atoms with Gasteiger partial charge in [0.1, 0.15) is 32.1 Å². The van der Waals surface area contributed by atoms with Crippen molar-refractivity contribution in [3.63, 3.8) is 0 Å². The molecule has 2 aromatic carbocycles. The molecule has 7 saturated heterocycles. The first-order chi connectivity index (χ1) is 68.4. The van der Waals surface area contributed by atoms with Crippen LogP contribution >= 0.6 is 23.1 Å². The van der Waals surface area contributed by atoms with Gasteiger partial charge in [-0.3, -0.25) is 24.2 Å². The summed E-state index contributed by atoms with van der Waals surface area (Å²) in [5.41, 5.74) is 6.48. The maximum atomic E-state index is 11.0. The van der Waals surface area contributed by atoms with Gasteiger partial charge in [0, 0.05) is 121 Å². The van der Waals surface area contributed by atoms with E-state index in [0.717, 1.165) is 90.4 Å². The number of hydrogen-bond acceptors (Lipinski definition) is 19. The van der Waals surface area contributed by atoms with E-state index in [1.165, 1.54) is 143 Å². The smallest absolute Gasteiger partial charge is 0.256 e. The number of likely N-dealkylation sites (N-methyl/N-ethyl adjacent to an activating group) is 1. The number of furan rings is 1. The number of nitrogens with zero attached hydrogens (tertiary/aromatic N) is 10. The number of piperidine rings is 1. The number of imide groups is 1. The molecule has 9 aliphatic rings. The van der Waals surface area contributed by atoms with Gasteiger partial charge in [-0.15, -0.1) is 10.2 Å². The molecular weight excluding hydrogens is 1850 g/mol. The Morgan fingerprint density at radius 1 is 0.407 bits per heavy atom. The lowest BCUT2D eigenvalue weighted by Gasteiger charge is -2.20. The van der Waals surface area contributed by atoms with E-state index in [0.29, 0.717) is 30.6 Å². The van der Waals surface area contributed by atoms with E-state index in [4.69, 9.17) is 37.9 Å². The number of para-hydroxylation sites is 1. The van der Waals surface area contributed by atoms with Gasteiger partial charge in [0.05, 0.1) is 58.3 Å². The number of carbonyl (C=O) groups excluding carboxylic acids is 2. The molecule has 872 valence electrons. The van der Waals surface area contributed by atoms with Crippen molar-refractivity contribution in [3.8, 4) is 0 Å². The SMILES string of the molecule is C.C.C.C.C.C.C1=Cc2ccccc2C1.C1CCOC1.C1CCOCC1.C1CCSCC1.C1COC1.C1COCOC1.CC.CC.CC.CC.CC.CC.CC.CC.CC.CC.CC.CC.CC.CC.CC.CC.CC.CC.CC.CC1=C(C)C(=O)N(C)C1=O.CC1COCCO1.CN1CCCCC1.COCc1cn(C)c2ccccc12.Cn1cncn1.Cn1cnnc1.c1ccncc1.c1ccoc1.c1ccsc1. The summed E-state index contributed by atoms with van der Waals surface area (Å²) in [5.74, 6) is 2.48. The Morgan fingerprint density at radius 3 is 1.02 bits per heavy atom. The minimum absolute atomic E-state index is 0. The van der Waals surface area contributed by atoms with Crippen LogP contribution in [0.5, 0.6) is 0 Å². The van der Waals surface area contributed by atoms with E-state index >= 15 is 0 Å². The highest BCUT2D eigenvalue weighted by Crippen LogP contribution is 2.22. The second-order valence-corrected chi connectivity index (χ2v) is 25.8. The first-order valence-electron chi connectivity index (χ1n) is 54.4. The molecule has 0 radical (unpaired) electrons. The predicted octanol–water partition coefficient (Wildman–Crippen LogP) is 38.2. The van der Waals surface area contributed by atoms with E-state index in [1.807, 2.05) is 337 Å². The van der Waals surface area contributed by atoms with E-state index in [1.54, 1.807) is 85.4 Å². The van der Waals surface area contributed by atoms with Gasteiger partial charge in [0.15, 0.2) is 0 Å². The normalized spacial score (nSPS) is 12.8. The number of aryl methyl sites for hydroxylation is 3. The molecule has 1 unspecified atom stereocenters. The van der Waals surface area contributed by atoms with Gasteiger partial charge < -0.3 is 56.3 Å². The Labute approximate surface area is 916 Å². The highest BCUT2D eigenvalue weighted by Gasteiger charge is 2.29. The molecule has 145 heavy (non-hydrogen) atoms. The zero-order valence-electron chi connectivity index (χ0n) is 99.9. The summed E-state index contributed by atoms with van der Waals surface area (Å²) in [7, 11) is 11.2. The summed E-state index contributed by atoms with van der Waals surface area (Å²) in [6.45, 7) is 95.2. The van der Waals surface area contributed by atoms with Crippen LogP contribution in [0.25, 0.3) is 17.0 Å². The number of thiophene rings is 1. The van der Waals surface area contributed by atoms with Crippen LogP contribution in [0.2, 0.25) is 0 Å². The Kier molecular flexibility index (Phi) is 268. The van der Waals surface area contributed by atoms with Gasteiger partial charge in [-0.05, 0) is 182 Å². The van der Waals surface area contributed by atoms with Crippen LogP contribution in [-0.4, -0.2) is 192 Å². The zero-order valence-corrected chi connectivity index (χ0v) is 102. The molecule has 0 spiro atoms. The summed E-state index contributed by atoms with van der Waals surface area (Å²) in [6, 6.07) is 30.3. The van der Waals surface area contributed by atoms with Crippen molar-refractivity contribution in [2.24, 2.45) is 21.1 Å². The highest BCUT2D eigenvalue weighted by atomic mass is 32.2. The van der Waals surface area contributed by atoms with Crippen LogP contribution in [-0.2, 0) is 81.7 Å². The molecule has 1 atom stereocenters. The number of pyridine rings is 1. The quantitative estimate of drug-likeness (QED) is 0.147. The topological polar surface area (TPSA) is 207 Å². The van der Waals surface area contributed by atoms with Crippen LogP contribution in [0.4, 0.5) is 0 Å². The molecule has 21 nitrogen and oxygen atoms in total. The number of carbonyl (C=O) groups is 2. The van der Waals surface area contributed by atoms with Crippen molar-refractivity contribution in [1.29, 1.82) is 0 Å². The molecule has 1 aliphatic carbocycles. The second kappa shape index (κ2) is 198. The number of allylic oxidation sites excluding steroid dienone is 1. The Balaban J connectivity index is -0.0000000513. The lowest BCUT2D eigenvalue weighted by Crippen LogP contribution is -2.26.